The van der Waals surface area contributed by atoms with Crippen LogP contribution in [0.1, 0.15) is 54.4 Å². The van der Waals surface area contributed by atoms with E-state index in [0.29, 0.717) is 5.06 Å². The summed E-state index contributed by atoms with van der Waals surface area (Å²) >= 11 is 1.43. The summed E-state index contributed by atoms with van der Waals surface area (Å²) in [6.45, 7) is 11.0. The van der Waals surface area contributed by atoms with Crippen molar-refractivity contribution in [2.75, 3.05) is 5.75 Å². The molecule has 0 aromatic rings. The van der Waals surface area contributed by atoms with Gasteiger partial charge in [-0.3, -0.25) is 9.59 Å². The highest BCUT2D eigenvalue weighted by Gasteiger charge is 2.36. The smallest absolute Gasteiger partial charge is 0.408 e. The molecule has 0 unspecified atom stereocenters. The van der Waals surface area contributed by atoms with E-state index in [0.717, 1.165) is 0 Å². The van der Waals surface area contributed by atoms with E-state index in [9.17, 15) is 19.2 Å². The van der Waals surface area contributed by atoms with Gasteiger partial charge in [0.05, 0.1) is 0 Å². The van der Waals surface area contributed by atoms with Crippen molar-refractivity contribution in [1.29, 1.82) is 0 Å². The summed E-state index contributed by atoms with van der Waals surface area (Å²) in [5, 5.41) is 2.91. The predicted molar refractivity (Wildman–Crippen MR) is 92.5 cm³/mol. The van der Waals surface area contributed by atoms with Crippen molar-refractivity contribution in [2.45, 2.75) is 70.8 Å². The first-order valence-electron chi connectivity index (χ1n) is 7.99. The van der Waals surface area contributed by atoms with Crippen LogP contribution in [-0.2, 0) is 24.0 Å². The molecule has 9 heteroatoms. The van der Waals surface area contributed by atoms with Crippen LogP contribution in [-0.4, -0.2) is 51.1 Å². The molecule has 1 saturated heterocycles. The number of rotatable bonds is 5. The molecule has 25 heavy (non-hydrogen) atoms. The van der Waals surface area contributed by atoms with Crippen LogP contribution >= 0.6 is 11.8 Å². The van der Waals surface area contributed by atoms with Gasteiger partial charge in [0.25, 0.3) is 11.8 Å². The Bertz CT molecular complexity index is 534. The molecule has 0 radical (unpaired) electrons. The molecule has 0 saturated carbocycles. The van der Waals surface area contributed by atoms with E-state index in [2.05, 4.69) is 5.32 Å². The zero-order valence-electron chi connectivity index (χ0n) is 15.5. The molecule has 8 nitrogen and oxygen atoms in total. The fraction of sp³-hybridized carbons (Fsp3) is 0.750. The Morgan fingerprint density at radius 1 is 1.12 bits per heavy atom. The van der Waals surface area contributed by atoms with Gasteiger partial charge in [0.1, 0.15) is 11.6 Å². The van der Waals surface area contributed by atoms with Crippen molar-refractivity contribution in [2.24, 2.45) is 0 Å². The van der Waals surface area contributed by atoms with Gasteiger partial charge in [-0.2, -0.15) is 11.8 Å². The maximum atomic E-state index is 12.4. The largest absolute Gasteiger partial charge is 0.444 e. The first-order valence-corrected chi connectivity index (χ1v) is 8.98. The van der Waals surface area contributed by atoms with Crippen molar-refractivity contribution in [3.8, 4) is 0 Å². The van der Waals surface area contributed by atoms with Crippen molar-refractivity contribution < 1.29 is 28.8 Å². The normalized spacial score (nSPS) is 16.6. The van der Waals surface area contributed by atoms with Crippen molar-refractivity contribution in [3.05, 3.63) is 0 Å². The molecule has 1 atom stereocenters. The minimum atomic E-state index is -1.06. The van der Waals surface area contributed by atoms with E-state index in [-0.39, 0.29) is 23.3 Å². The van der Waals surface area contributed by atoms with E-state index in [4.69, 9.17) is 9.57 Å². The van der Waals surface area contributed by atoms with Crippen LogP contribution < -0.4 is 5.32 Å². The third-order valence-electron chi connectivity index (χ3n) is 2.85. The quantitative estimate of drug-likeness (QED) is 0.735. The zero-order chi connectivity index (χ0) is 19.4. The highest BCUT2D eigenvalue weighted by Crippen LogP contribution is 2.24. The number of carbonyl (C=O) groups excluding carboxylic acids is 4. The van der Waals surface area contributed by atoms with E-state index in [1.54, 1.807) is 20.8 Å². The Morgan fingerprint density at radius 2 is 1.64 bits per heavy atom. The van der Waals surface area contributed by atoms with Gasteiger partial charge in [0.2, 0.25) is 0 Å². The molecule has 1 rings (SSSR count). The van der Waals surface area contributed by atoms with Crippen molar-refractivity contribution in [1.82, 2.24) is 10.4 Å². The summed E-state index contributed by atoms with van der Waals surface area (Å²) in [4.78, 5) is 52.4. The van der Waals surface area contributed by atoms with Gasteiger partial charge in [0.15, 0.2) is 0 Å². The van der Waals surface area contributed by atoms with Crippen LogP contribution in [0.25, 0.3) is 0 Å². The molecule has 0 bridgehead atoms. The molecule has 0 aromatic carbocycles. The SMILES string of the molecule is CC(C)(C)OC(=O)N[C@@H](CSC(C)(C)C)C(=O)ON1C(=O)CCC1=O. The van der Waals surface area contributed by atoms with E-state index < -0.39 is 35.5 Å². The molecule has 1 heterocycles. The minimum absolute atomic E-state index is 0.00696. The Morgan fingerprint density at radius 3 is 2.08 bits per heavy atom. The van der Waals surface area contributed by atoms with E-state index in [1.807, 2.05) is 20.8 Å². The molecule has 1 fully saturated rings. The number of amides is 3. The van der Waals surface area contributed by atoms with Crippen LogP contribution in [0, 0.1) is 0 Å². The highest BCUT2D eigenvalue weighted by atomic mass is 32.2. The summed E-state index contributed by atoms with van der Waals surface area (Å²) in [7, 11) is 0. The summed E-state index contributed by atoms with van der Waals surface area (Å²) in [6.07, 6.45) is -0.761. The Hall–Kier alpha value is -1.77. The molecule has 0 spiro atoms. The number of hydrogen-bond donors (Lipinski definition) is 1. The second kappa shape index (κ2) is 8.07. The molecular formula is C16H26N2O6S. The van der Waals surface area contributed by atoms with Crippen LogP contribution in [0.4, 0.5) is 4.79 Å². The van der Waals surface area contributed by atoms with Crippen molar-refractivity contribution >= 4 is 35.6 Å². The molecule has 3 amide bonds. The maximum absolute atomic E-state index is 12.4. The molecule has 0 aliphatic carbocycles. The monoisotopic (exact) mass is 374 g/mol. The molecule has 1 aliphatic rings. The topological polar surface area (TPSA) is 102 Å². The number of hydroxylamine groups is 2. The van der Waals surface area contributed by atoms with Gasteiger partial charge in [-0.05, 0) is 20.8 Å². The third-order valence-corrected chi connectivity index (χ3v) is 4.21. The predicted octanol–water partition coefficient (Wildman–Crippen LogP) is 2.02. The third kappa shape index (κ3) is 7.76. The maximum Gasteiger partial charge on any atom is 0.408 e. The number of carbonyl (C=O) groups is 4. The Kier molecular flexibility index (Phi) is 6.87. The number of alkyl carbamates (subject to hydrolysis) is 1. The summed E-state index contributed by atoms with van der Waals surface area (Å²) in [5.41, 5.74) is -0.726. The number of nitrogens with one attached hydrogen (secondary N) is 1. The molecule has 1 aliphatic heterocycles. The summed E-state index contributed by atoms with van der Waals surface area (Å²) < 4.78 is 4.99. The van der Waals surface area contributed by atoms with Gasteiger partial charge >= 0.3 is 12.1 Å². The second-order valence-electron chi connectivity index (χ2n) is 7.61. The van der Waals surface area contributed by atoms with Crippen LogP contribution in [0.2, 0.25) is 0 Å². The fourth-order valence-electron chi connectivity index (χ4n) is 1.76. The zero-order valence-corrected chi connectivity index (χ0v) is 16.3. The Labute approximate surface area is 151 Å². The summed E-state index contributed by atoms with van der Waals surface area (Å²) in [5.74, 6) is -1.82. The highest BCUT2D eigenvalue weighted by molar-refractivity contribution is 8.00. The fourth-order valence-corrected chi connectivity index (χ4v) is 2.65. The molecular weight excluding hydrogens is 348 g/mol. The number of thioether (sulfide) groups is 1. The molecule has 142 valence electrons. The van der Waals surface area contributed by atoms with Crippen LogP contribution in [0.15, 0.2) is 0 Å². The average Bonchev–Trinajstić information content (AvgIpc) is 2.72. The molecule has 1 N–H and O–H groups in total. The molecule has 0 aromatic heterocycles. The van der Waals surface area contributed by atoms with Gasteiger partial charge in [-0.25, -0.2) is 9.59 Å². The van der Waals surface area contributed by atoms with Gasteiger partial charge < -0.3 is 14.9 Å². The van der Waals surface area contributed by atoms with Gasteiger partial charge in [-0.1, -0.05) is 20.8 Å². The van der Waals surface area contributed by atoms with E-state index in [1.165, 1.54) is 11.8 Å². The van der Waals surface area contributed by atoms with Crippen LogP contribution in [0.3, 0.4) is 0 Å². The van der Waals surface area contributed by atoms with Crippen molar-refractivity contribution in [3.63, 3.8) is 0 Å². The lowest BCUT2D eigenvalue weighted by atomic mass is 10.2. The van der Waals surface area contributed by atoms with Gasteiger partial charge in [0, 0.05) is 23.3 Å². The minimum Gasteiger partial charge on any atom is -0.444 e. The first kappa shape index (κ1) is 21.3. The summed E-state index contributed by atoms with van der Waals surface area (Å²) in [6, 6.07) is -1.06. The number of hydrogen-bond acceptors (Lipinski definition) is 7. The lowest BCUT2D eigenvalue weighted by molar-refractivity contribution is -0.198. The van der Waals surface area contributed by atoms with Gasteiger partial charge in [-0.15, -0.1) is 5.06 Å². The number of imide groups is 1. The number of nitrogens with zero attached hydrogens (tertiary/aromatic N) is 1. The first-order chi connectivity index (χ1) is 11.3. The standard InChI is InChI=1S/C16H26N2O6S/c1-15(2,3)23-14(22)17-10(9-25-16(4,5)6)13(21)24-18-11(19)7-8-12(18)20/h10H,7-9H2,1-6H3,(H,17,22)/t10-/m0/s1. The van der Waals surface area contributed by atoms with E-state index >= 15 is 0 Å². The lowest BCUT2D eigenvalue weighted by Gasteiger charge is -2.25. The van der Waals surface area contributed by atoms with Crippen LogP contribution in [0.5, 0.6) is 0 Å². The average molecular weight is 374 g/mol. The number of ether oxygens (including phenoxy) is 1. The second-order valence-corrected chi connectivity index (χ2v) is 9.46. The Balaban J connectivity index is 2.78. The lowest BCUT2D eigenvalue weighted by Crippen LogP contribution is -2.48.